The molecule has 2 amide bonds. The molecule has 31 heavy (non-hydrogen) atoms. The summed E-state index contributed by atoms with van der Waals surface area (Å²) in [7, 11) is 0. The normalized spacial score (nSPS) is 24.5. The summed E-state index contributed by atoms with van der Waals surface area (Å²) in [6.07, 6.45) is 2.74. The van der Waals surface area contributed by atoms with Crippen LogP contribution in [-0.2, 0) is 20.9 Å². The summed E-state index contributed by atoms with van der Waals surface area (Å²) in [5, 5.41) is 6.80. The molecule has 1 aliphatic carbocycles. The fourth-order valence-corrected chi connectivity index (χ4v) is 4.80. The molecule has 0 spiro atoms. The molecule has 8 nitrogen and oxygen atoms in total. The van der Waals surface area contributed by atoms with E-state index in [0.717, 1.165) is 17.7 Å². The molecule has 2 N–H and O–H groups in total. The van der Waals surface area contributed by atoms with Crippen LogP contribution < -0.4 is 20.1 Å². The van der Waals surface area contributed by atoms with Crippen LogP contribution in [0.2, 0.25) is 0 Å². The molecule has 0 bridgehead atoms. The van der Waals surface area contributed by atoms with Gasteiger partial charge in [-0.25, -0.2) is 0 Å². The summed E-state index contributed by atoms with van der Waals surface area (Å²) in [5.74, 6) is 1.25. The first-order valence-electron chi connectivity index (χ1n) is 10.9. The molecule has 4 rings (SSSR count). The zero-order chi connectivity index (χ0) is 21.8. The third-order valence-electron chi connectivity index (χ3n) is 6.14. The lowest BCUT2D eigenvalue weighted by Gasteiger charge is -2.43. The zero-order valence-corrected chi connectivity index (χ0v) is 18.5. The van der Waals surface area contributed by atoms with Crippen molar-refractivity contribution in [2.75, 3.05) is 26.6 Å². The third-order valence-corrected chi connectivity index (χ3v) is 6.47. The minimum Gasteiger partial charge on any atom is -0.454 e. The van der Waals surface area contributed by atoms with Gasteiger partial charge < -0.3 is 24.8 Å². The highest BCUT2D eigenvalue weighted by Gasteiger charge is 2.43. The Hall–Kier alpha value is -2.39. The first kappa shape index (κ1) is 21.8. The Labute approximate surface area is 187 Å². The Morgan fingerprint density at radius 1 is 1.32 bits per heavy atom. The average molecular weight is 448 g/mol. The molecular formula is C22H29N3O5S. The van der Waals surface area contributed by atoms with E-state index in [2.05, 4.69) is 10.6 Å². The van der Waals surface area contributed by atoms with E-state index in [9.17, 15) is 9.59 Å². The lowest BCUT2D eigenvalue weighted by Crippen LogP contribution is -2.62. The van der Waals surface area contributed by atoms with Crippen molar-refractivity contribution >= 4 is 29.1 Å². The summed E-state index contributed by atoms with van der Waals surface area (Å²) in [6.45, 7) is 4.45. The summed E-state index contributed by atoms with van der Waals surface area (Å²) >= 11 is 5.44. The molecule has 2 heterocycles. The van der Waals surface area contributed by atoms with Gasteiger partial charge >= 0.3 is 0 Å². The van der Waals surface area contributed by atoms with E-state index in [1.807, 2.05) is 25.1 Å². The van der Waals surface area contributed by atoms with Gasteiger partial charge in [-0.15, -0.1) is 0 Å². The number of benzene rings is 1. The molecule has 1 saturated heterocycles. The van der Waals surface area contributed by atoms with E-state index in [4.69, 9.17) is 26.4 Å². The lowest BCUT2D eigenvalue weighted by molar-refractivity contribution is -0.138. The monoisotopic (exact) mass is 447 g/mol. The number of hydrogen-bond donors (Lipinski definition) is 2. The second kappa shape index (κ2) is 9.82. The van der Waals surface area contributed by atoms with Crippen molar-refractivity contribution in [3.8, 4) is 11.5 Å². The maximum absolute atomic E-state index is 12.9. The van der Waals surface area contributed by atoms with Crippen LogP contribution in [0.25, 0.3) is 0 Å². The SMILES string of the molecule is CCOCCCN1C(=O)C2CCC(C(=O)NCc3ccc4c(c3)OCO4)CC2NC1=S. The standard InChI is InChI=1S/C22H29N3O5S/c1-2-28-9-3-8-25-21(27)16-6-5-15(11-17(16)24-22(25)31)20(26)23-12-14-4-7-18-19(10-14)30-13-29-18/h4,7,10,15-17H,2-3,5-6,8-9,11-13H2,1H3,(H,23,26)(H,24,31). The van der Waals surface area contributed by atoms with E-state index in [1.165, 1.54) is 0 Å². The molecule has 3 aliphatic rings. The van der Waals surface area contributed by atoms with Crippen molar-refractivity contribution in [1.82, 2.24) is 15.5 Å². The summed E-state index contributed by atoms with van der Waals surface area (Å²) in [6, 6.07) is 5.58. The van der Waals surface area contributed by atoms with E-state index >= 15 is 0 Å². The Kier molecular flexibility index (Phi) is 6.92. The molecule has 168 valence electrons. The van der Waals surface area contributed by atoms with Gasteiger partial charge in [-0.1, -0.05) is 6.07 Å². The summed E-state index contributed by atoms with van der Waals surface area (Å²) < 4.78 is 16.1. The van der Waals surface area contributed by atoms with Gasteiger partial charge in [-0.2, -0.15) is 0 Å². The van der Waals surface area contributed by atoms with Gasteiger partial charge in [-0.3, -0.25) is 14.5 Å². The maximum atomic E-state index is 12.9. The topological polar surface area (TPSA) is 89.1 Å². The van der Waals surface area contributed by atoms with Gasteiger partial charge in [0.1, 0.15) is 0 Å². The number of rotatable bonds is 8. The second-order valence-electron chi connectivity index (χ2n) is 8.12. The van der Waals surface area contributed by atoms with E-state index in [0.29, 0.717) is 56.4 Å². The van der Waals surface area contributed by atoms with E-state index in [1.54, 1.807) is 4.90 Å². The quantitative estimate of drug-likeness (QED) is 0.465. The van der Waals surface area contributed by atoms with Crippen molar-refractivity contribution in [2.45, 2.75) is 45.2 Å². The Morgan fingerprint density at radius 2 is 2.16 bits per heavy atom. The fourth-order valence-electron chi connectivity index (χ4n) is 4.47. The molecule has 2 fully saturated rings. The molecule has 9 heteroatoms. The molecule has 1 aromatic rings. The largest absolute Gasteiger partial charge is 0.454 e. The fraction of sp³-hybridized carbons (Fsp3) is 0.591. The van der Waals surface area contributed by atoms with Crippen LogP contribution in [-0.4, -0.2) is 54.4 Å². The van der Waals surface area contributed by atoms with E-state index in [-0.39, 0.29) is 36.5 Å². The van der Waals surface area contributed by atoms with Gasteiger partial charge in [0.25, 0.3) is 0 Å². The van der Waals surface area contributed by atoms with Crippen LogP contribution in [0.15, 0.2) is 18.2 Å². The highest BCUT2D eigenvalue weighted by atomic mass is 32.1. The summed E-state index contributed by atoms with van der Waals surface area (Å²) in [5.41, 5.74) is 0.959. The number of nitrogens with one attached hydrogen (secondary N) is 2. The predicted molar refractivity (Wildman–Crippen MR) is 118 cm³/mol. The average Bonchev–Trinajstić information content (AvgIpc) is 3.24. The third kappa shape index (κ3) is 4.93. The van der Waals surface area contributed by atoms with Crippen LogP contribution in [0.4, 0.5) is 0 Å². The minimum absolute atomic E-state index is 0.00966. The molecule has 3 atom stereocenters. The highest BCUT2D eigenvalue weighted by Crippen LogP contribution is 2.34. The van der Waals surface area contributed by atoms with Crippen LogP contribution in [0.3, 0.4) is 0 Å². The van der Waals surface area contributed by atoms with Crippen molar-refractivity contribution < 1.29 is 23.8 Å². The number of hydrogen-bond acceptors (Lipinski definition) is 6. The molecule has 1 aromatic carbocycles. The van der Waals surface area contributed by atoms with Gasteiger partial charge in [0.2, 0.25) is 18.6 Å². The number of carbonyl (C=O) groups excluding carboxylic acids is 2. The molecule has 1 saturated carbocycles. The highest BCUT2D eigenvalue weighted by molar-refractivity contribution is 7.80. The van der Waals surface area contributed by atoms with E-state index < -0.39 is 0 Å². The smallest absolute Gasteiger partial charge is 0.233 e. The van der Waals surface area contributed by atoms with Gasteiger partial charge in [0.15, 0.2) is 16.6 Å². The number of fused-ring (bicyclic) bond motifs is 2. The van der Waals surface area contributed by atoms with Crippen LogP contribution in [0.1, 0.15) is 38.2 Å². The minimum atomic E-state index is -0.136. The Morgan fingerprint density at radius 3 is 3.00 bits per heavy atom. The predicted octanol–water partition coefficient (Wildman–Crippen LogP) is 1.96. The van der Waals surface area contributed by atoms with Gasteiger partial charge in [0.05, 0.1) is 5.92 Å². The van der Waals surface area contributed by atoms with Crippen molar-refractivity contribution in [2.24, 2.45) is 11.8 Å². The first-order chi connectivity index (χ1) is 15.1. The number of carbonyl (C=O) groups is 2. The molecule has 0 aromatic heterocycles. The number of thiocarbonyl (C=S) groups is 1. The number of nitrogens with zero attached hydrogens (tertiary/aromatic N) is 1. The summed E-state index contributed by atoms with van der Waals surface area (Å²) in [4.78, 5) is 27.4. The van der Waals surface area contributed by atoms with Crippen molar-refractivity contribution in [3.05, 3.63) is 23.8 Å². The van der Waals surface area contributed by atoms with Gasteiger partial charge in [0, 0.05) is 38.3 Å². The van der Waals surface area contributed by atoms with Crippen LogP contribution >= 0.6 is 12.2 Å². The zero-order valence-electron chi connectivity index (χ0n) is 17.7. The molecule has 0 radical (unpaired) electrons. The Bertz CT molecular complexity index is 848. The molecule has 3 unspecified atom stereocenters. The Balaban J connectivity index is 1.28. The molecule has 2 aliphatic heterocycles. The van der Waals surface area contributed by atoms with Crippen molar-refractivity contribution in [1.29, 1.82) is 0 Å². The van der Waals surface area contributed by atoms with Crippen molar-refractivity contribution in [3.63, 3.8) is 0 Å². The second-order valence-corrected chi connectivity index (χ2v) is 8.50. The van der Waals surface area contributed by atoms with Gasteiger partial charge in [-0.05, 0) is 62.5 Å². The van der Waals surface area contributed by atoms with Crippen LogP contribution in [0.5, 0.6) is 11.5 Å². The van der Waals surface area contributed by atoms with Crippen LogP contribution in [0, 0.1) is 11.8 Å². The first-order valence-corrected chi connectivity index (χ1v) is 11.3. The number of ether oxygens (including phenoxy) is 3. The molecular weight excluding hydrogens is 418 g/mol. The lowest BCUT2D eigenvalue weighted by atomic mass is 9.76. The number of amides is 2. The maximum Gasteiger partial charge on any atom is 0.233 e.